The Hall–Kier alpha value is -2.24. The van der Waals surface area contributed by atoms with Crippen LogP contribution in [-0.4, -0.2) is 36.7 Å². The molecule has 0 aromatic heterocycles. The predicted molar refractivity (Wildman–Crippen MR) is 66.6 cm³/mol. The van der Waals surface area contributed by atoms with Gasteiger partial charge in [-0.1, -0.05) is 6.07 Å². The minimum Gasteiger partial charge on any atom is -0.493 e. The van der Waals surface area contributed by atoms with Gasteiger partial charge in [-0.2, -0.15) is 0 Å². The van der Waals surface area contributed by atoms with Crippen molar-refractivity contribution in [3.8, 4) is 11.5 Å². The number of hydrogen-bond acceptors (Lipinski definition) is 4. The lowest BCUT2D eigenvalue weighted by molar-refractivity contribution is -0.140. The van der Waals surface area contributed by atoms with Gasteiger partial charge in [0, 0.05) is 0 Å². The number of benzene rings is 1. The molecule has 0 radical (unpaired) electrons. The fourth-order valence-electron chi connectivity index (χ4n) is 1.87. The topological polar surface area (TPSA) is 84.9 Å². The average Bonchev–Trinajstić information content (AvgIpc) is 3.18. The van der Waals surface area contributed by atoms with E-state index in [2.05, 4.69) is 5.32 Å². The highest BCUT2D eigenvalue weighted by molar-refractivity contribution is 6.01. The van der Waals surface area contributed by atoms with Gasteiger partial charge in [0.05, 0.1) is 19.8 Å². The van der Waals surface area contributed by atoms with Crippen LogP contribution in [-0.2, 0) is 4.79 Å². The number of rotatable bonds is 5. The zero-order valence-electron chi connectivity index (χ0n) is 10.7. The van der Waals surface area contributed by atoms with Gasteiger partial charge in [0.1, 0.15) is 5.54 Å². The molecule has 0 spiro atoms. The van der Waals surface area contributed by atoms with Crippen LogP contribution in [0.2, 0.25) is 0 Å². The first kappa shape index (κ1) is 13.2. The summed E-state index contributed by atoms with van der Waals surface area (Å²) < 4.78 is 10.2. The second kappa shape index (κ2) is 4.79. The van der Waals surface area contributed by atoms with Crippen molar-refractivity contribution in [2.24, 2.45) is 0 Å². The molecular formula is C13H15NO5. The number of ether oxygens (including phenoxy) is 2. The monoisotopic (exact) mass is 265 g/mol. The first-order chi connectivity index (χ1) is 9.04. The molecule has 0 heterocycles. The van der Waals surface area contributed by atoms with E-state index in [-0.39, 0.29) is 5.56 Å². The summed E-state index contributed by atoms with van der Waals surface area (Å²) in [4.78, 5) is 23.2. The smallest absolute Gasteiger partial charge is 0.329 e. The summed E-state index contributed by atoms with van der Waals surface area (Å²) in [7, 11) is 2.90. The number of carboxylic acid groups (broad SMARTS) is 1. The molecule has 1 aromatic rings. The fraction of sp³-hybridized carbons (Fsp3) is 0.385. The molecule has 0 aliphatic heterocycles. The molecule has 0 bridgehead atoms. The Bertz CT molecular complexity index is 522. The van der Waals surface area contributed by atoms with Crippen LogP contribution in [0.1, 0.15) is 23.2 Å². The minimum atomic E-state index is -1.12. The number of carboxylic acids is 1. The molecule has 1 saturated carbocycles. The average molecular weight is 265 g/mol. The summed E-state index contributed by atoms with van der Waals surface area (Å²) in [6.07, 6.45) is 0.890. The summed E-state index contributed by atoms with van der Waals surface area (Å²) in [6, 6.07) is 4.88. The maximum atomic E-state index is 12.1. The molecule has 1 aliphatic carbocycles. The van der Waals surface area contributed by atoms with Gasteiger partial charge in [0.2, 0.25) is 0 Å². The van der Waals surface area contributed by atoms with E-state index in [1.807, 2.05) is 0 Å². The summed E-state index contributed by atoms with van der Waals surface area (Å²) in [5.41, 5.74) is -0.861. The predicted octanol–water partition coefficient (Wildman–Crippen LogP) is 1.05. The van der Waals surface area contributed by atoms with E-state index in [0.29, 0.717) is 24.3 Å². The molecule has 0 atom stereocenters. The lowest BCUT2D eigenvalue weighted by Crippen LogP contribution is -2.43. The largest absolute Gasteiger partial charge is 0.493 e. The Morgan fingerprint density at radius 3 is 2.42 bits per heavy atom. The van der Waals surface area contributed by atoms with Crippen LogP contribution in [0.15, 0.2) is 18.2 Å². The molecule has 2 N–H and O–H groups in total. The first-order valence-electron chi connectivity index (χ1n) is 5.81. The fourth-order valence-corrected chi connectivity index (χ4v) is 1.87. The van der Waals surface area contributed by atoms with Crippen LogP contribution in [0.3, 0.4) is 0 Å². The third-order valence-corrected chi connectivity index (χ3v) is 3.16. The number of hydrogen-bond donors (Lipinski definition) is 2. The van der Waals surface area contributed by atoms with Crippen LogP contribution in [0.25, 0.3) is 0 Å². The third-order valence-electron chi connectivity index (χ3n) is 3.16. The lowest BCUT2D eigenvalue weighted by Gasteiger charge is -2.15. The quantitative estimate of drug-likeness (QED) is 0.831. The van der Waals surface area contributed by atoms with Crippen molar-refractivity contribution in [1.82, 2.24) is 5.32 Å². The van der Waals surface area contributed by atoms with E-state index in [0.717, 1.165) is 0 Å². The molecule has 2 rings (SSSR count). The van der Waals surface area contributed by atoms with Crippen LogP contribution in [0.4, 0.5) is 0 Å². The third kappa shape index (κ3) is 2.33. The molecule has 6 nitrogen and oxygen atoms in total. The summed E-state index contributed by atoms with van der Waals surface area (Å²) in [5, 5.41) is 11.6. The zero-order valence-corrected chi connectivity index (χ0v) is 10.7. The van der Waals surface area contributed by atoms with Gasteiger partial charge in [-0.25, -0.2) is 4.79 Å². The van der Waals surface area contributed by atoms with E-state index in [1.165, 1.54) is 14.2 Å². The molecule has 0 unspecified atom stereocenters. The molecule has 0 saturated heterocycles. The van der Waals surface area contributed by atoms with E-state index in [4.69, 9.17) is 14.6 Å². The Morgan fingerprint density at radius 2 is 1.95 bits per heavy atom. The van der Waals surface area contributed by atoms with E-state index in [1.54, 1.807) is 18.2 Å². The standard InChI is InChI=1S/C13H15NO5/c1-18-9-5-3-4-8(10(9)19-2)11(15)14-13(6-7-13)12(16)17/h3-5H,6-7H2,1-2H3,(H,14,15)(H,16,17). The van der Waals surface area contributed by atoms with Gasteiger partial charge in [0.25, 0.3) is 5.91 Å². The van der Waals surface area contributed by atoms with Crippen molar-refractivity contribution in [3.63, 3.8) is 0 Å². The second-order valence-electron chi connectivity index (χ2n) is 4.38. The minimum absolute atomic E-state index is 0.259. The normalized spacial score (nSPS) is 15.5. The number of nitrogens with one attached hydrogen (secondary N) is 1. The van der Waals surface area contributed by atoms with Crippen molar-refractivity contribution in [1.29, 1.82) is 0 Å². The molecule has 1 aliphatic rings. The molecule has 1 fully saturated rings. The van der Waals surface area contributed by atoms with E-state index in [9.17, 15) is 9.59 Å². The van der Waals surface area contributed by atoms with Gasteiger partial charge in [-0.15, -0.1) is 0 Å². The van der Waals surface area contributed by atoms with Gasteiger partial charge in [0.15, 0.2) is 11.5 Å². The number of carbonyl (C=O) groups is 2. The van der Waals surface area contributed by atoms with Gasteiger partial charge < -0.3 is 19.9 Å². The van der Waals surface area contributed by atoms with Crippen molar-refractivity contribution in [2.45, 2.75) is 18.4 Å². The number of amides is 1. The van der Waals surface area contributed by atoms with E-state index >= 15 is 0 Å². The molecule has 102 valence electrons. The Kier molecular flexibility index (Phi) is 3.33. The highest BCUT2D eigenvalue weighted by Crippen LogP contribution is 2.37. The SMILES string of the molecule is COc1cccc(C(=O)NC2(C(=O)O)CC2)c1OC. The Morgan fingerprint density at radius 1 is 1.26 bits per heavy atom. The van der Waals surface area contributed by atoms with Gasteiger partial charge in [-0.05, 0) is 25.0 Å². The maximum Gasteiger partial charge on any atom is 0.329 e. The van der Waals surface area contributed by atoms with Crippen LogP contribution < -0.4 is 14.8 Å². The number of aliphatic carboxylic acids is 1. The molecule has 1 amide bonds. The molecule has 6 heteroatoms. The van der Waals surface area contributed by atoms with E-state index < -0.39 is 17.4 Å². The zero-order chi connectivity index (χ0) is 14.0. The molecular weight excluding hydrogens is 250 g/mol. The lowest BCUT2D eigenvalue weighted by atomic mass is 10.1. The molecule has 19 heavy (non-hydrogen) atoms. The number of para-hydroxylation sites is 1. The van der Waals surface area contributed by atoms with Crippen LogP contribution in [0, 0.1) is 0 Å². The summed E-state index contributed by atoms with van der Waals surface area (Å²) >= 11 is 0. The highest BCUT2D eigenvalue weighted by atomic mass is 16.5. The summed E-state index contributed by atoms with van der Waals surface area (Å²) in [6.45, 7) is 0. The summed E-state index contributed by atoms with van der Waals surface area (Å²) in [5.74, 6) is -0.766. The van der Waals surface area contributed by atoms with Crippen molar-refractivity contribution in [2.75, 3.05) is 14.2 Å². The Balaban J connectivity index is 2.27. The van der Waals surface area contributed by atoms with Crippen molar-refractivity contribution >= 4 is 11.9 Å². The Labute approximate surface area is 110 Å². The highest BCUT2D eigenvalue weighted by Gasteiger charge is 2.51. The van der Waals surface area contributed by atoms with Crippen molar-refractivity contribution in [3.05, 3.63) is 23.8 Å². The van der Waals surface area contributed by atoms with Gasteiger partial charge in [-0.3, -0.25) is 4.79 Å². The molecule has 1 aromatic carbocycles. The van der Waals surface area contributed by atoms with Crippen LogP contribution >= 0.6 is 0 Å². The first-order valence-corrected chi connectivity index (χ1v) is 5.81. The number of methoxy groups -OCH3 is 2. The maximum absolute atomic E-state index is 12.1. The van der Waals surface area contributed by atoms with Gasteiger partial charge >= 0.3 is 5.97 Å². The second-order valence-corrected chi connectivity index (χ2v) is 4.38. The van der Waals surface area contributed by atoms with Crippen LogP contribution in [0.5, 0.6) is 11.5 Å². The van der Waals surface area contributed by atoms with Crippen molar-refractivity contribution < 1.29 is 24.2 Å². The number of carbonyl (C=O) groups excluding carboxylic acids is 1.